The molecule has 3 rings (SSSR count). The van der Waals surface area contributed by atoms with Gasteiger partial charge in [-0.2, -0.15) is 4.31 Å². The van der Waals surface area contributed by atoms with Crippen LogP contribution in [0, 0.1) is 0 Å². The summed E-state index contributed by atoms with van der Waals surface area (Å²) in [4.78, 5) is 14.2. The Morgan fingerprint density at radius 3 is 2.43 bits per heavy atom. The average molecular weight is 428 g/mol. The van der Waals surface area contributed by atoms with Crippen molar-refractivity contribution < 1.29 is 17.9 Å². The van der Waals surface area contributed by atoms with Gasteiger partial charge in [-0.25, -0.2) is 8.42 Å². The van der Waals surface area contributed by atoms with Gasteiger partial charge in [0.1, 0.15) is 0 Å². The first kappa shape index (κ1) is 22.6. The largest absolute Gasteiger partial charge is 0.383 e. The Morgan fingerprint density at radius 2 is 1.75 bits per heavy atom. The minimum Gasteiger partial charge on any atom is -0.383 e. The van der Waals surface area contributed by atoms with Crippen LogP contribution in [0.2, 0.25) is 0 Å². The van der Waals surface area contributed by atoms with Crippen molar-refractivity contribution in [3.8, 4) is 0 Å². The van der Waals surface area contributed by atoms with Crippen molar-refractivity contribution in [1.29, 1.82) is 0 Å². The Labute approximate surface area is 172 Å². The SMILES string of the molecule is COCCNCC(=O)N1CCN(S(=O)(=O)c2ccc3ccccc3c2)CC1.Cl. The van der Waals surface area contributed by atoms with Crippen molar-refractivity contribution in [2.24, 2.45) is 0 Å². The lowest BCUT2D eigenvalue weighted by molar-refractivity contribution is -0.131. The van der Waals surface area contributed by atoms with Gasteiger partial charge >= 0.3 is 0 Å². The maximum Gasteiger partial charge on any atom is 0.243 e. The van der Waals surface area contributed by atoms with Crippen LogP contribution in [0.4, 0.5) is 0 Å². The van der Waals surface area contributed by atoms with Crippen LogP contribution in [0.25, 0.3) is 10.8 Å². The minimum atomic E-state index is -3.56. The molecule has 1 heterocycles. The van der Waals surface area contributed by atoms with Crippen LogP contribution in [0.5, 0.6) is 0 Å². The highest BCUT2D eigenvalue weighted by molar-refractivity contribution is 7.89. The Morgan fingerprint density at radius 1 is 1.07 bits per heavy atom. The van der Waals surface area contributed by atoms with Crippen molar-refractivity contribution in [1.82, 2.24) is 14.5 Å². The molecule has 9 heteroatoms. The van der Waals surface area contributed by atoms with Crippen LogP contribution in [0.1, 0.15) is 0 Å². The Kier molecular flexibility index (Phi) is 8.21. The zero-order chi connectivity index (χ0) is 19.3. The number of carbonyl (C=O) groups is 1. The van der Waals surface area contributed by atoms with Crippen LogP contribution < -0.4 is 5.32 Å². The monoisotopic (exact) mass is 427 g/mol. The molecule has 0 radical (unpaired) electrons. The van der Waals surface area contributed by atoms with Crippen LogP contribution in [0.15, 0.2) is 47.4 Å². The smallest absolute Gasteiger partial charge is 0.243 e. The van der Waals surface area contributed by atoms with E-state index in [9.17, 15) is 13.2 Å². The van der Waals surface area contributed by atoms with E-state index in [-0.39, 0.29) is 24.9 Å². The lowest BCUT2D eigenvalue weighted by Gasteiger charge is -2.34. The number of methoxy groups -OCH3 is 1. The van der Waals surface area contributed by atoms with Crippen molar-refractivity contribution in [3.63, 3.8) is 0 Å². The van der Waals surface area contributed by atoms with Gasteiger partial charge in [0, 0.05) is 39.8 Å². The van der Waals surface area contributed by atoms with Gasteiger partial charge < -0.3 is 15.0 Å². The first-order valence-electron chi connectivity index (χ1n) is 8.99. The molecule has 0 spiro atoms. The van der Waals surface area contributed by atoms with E-state index in [1.807, 2.05) is 30.3 Å². The second kappa shape index (κ2) is 10.2. The topological polar surface area (TPSA) is 79.0 Å². The summed E-state index contributed by atoms with van der Waals surface area (Å²) in [6.07, 6.45) is 0. The quantitative estimate of drug-likeness (QED) is 0.674. The molecule has 2 aromatic rings. The number of piperazine rings is 1. The van der Waals surface area contributed by atoms with E-state index >= 15 is 0 Å². The van der Waals surface area contributed by atoms with Gasteiger partial charge in [0.05, 0.1) is 18.0 Å². The van der Waals surface area contributed by atoms with Gasteiger partial charge in [0.25, 0.3) is 0 Å². The highest BCUT2D eigenvalue weighted by atomic mass is 35.5. The summed E-state index contributed by atoms with van der Waals surface area (Å²) in [5, 5.41) is 4.92. The number of hydrogen-bond acceptors (Lipinski definition) is 5. The summed E-state index contributed by atoms with van der Waals surface area (Å²) in [6, 6.07) is 12.9. The van der Waals surface area contributed by atoms with Gasteiger partial charge in [0.2, 0.25) is 15.9 Å². The molecule has 0 saturated carbocycles. The third kappa shape index (κ3) is 5.21. The van der Waals surface area contributed by atoms with Crippen molar-refractivity contribution in [3.05, 3.63) is 42.5 Å². The van der Waals surface area contributed by atoms with E-state index in [2.05, 4.69) is 5.32 Å². The fourth-order valence-corrected chi connectivity index (χ4v) is 4.59. The zero-order valence-corrected chi connectivity index (χ0v) is 17.5. The molecule has 0 bridgehead atoms. The van der Waals surface area contributed by atoms with E-state index in [0.29, 0.717) is 44.2 Å². The molecule has 1 fully saturated rings. The van der Waals surface area contributed by atoms with Crippen molar-refractivity contribution in [2.45, 2.75) is 4.90 Å². The van der Waals surface area contributed by atoms with Gasteiger partial charge in [-0.05, 0) is 22.9 Å². The normalized spacial score (nSPS) is 15.4. The maximum absolute atomic E-state index is 12.9. The van der Waals surface area contributed by atoms with Crippen LogP contribution in [-0.2, 0) is 19.6 Å². The molecule has 1 N–H and O–H groups in total. The number of halogens is 1. The number of fused-ring (bicyclic) bond motifs is 1. The van der Waals surface area contributed by atoms with Crippen LogP contribution >= 0.6 is 12.4 Å². The first-order valence-corrected chi connectivity index (χ1v) is 10.4. The average Bonchev–Trinajstić information content (AvgIpc) is 2.70. The van der Waals surface area contributed by atoms with Gasteiger partial charge in [-0.15, -0.1) is 12.4 Å². The van der Waals surface area contributed by atoms with Crippen molar-refractivity contribution in [2.75, 3.05) is 53.0 Å². The minimum absolute atomic E-state index is 0. The number of nitrogens with zero attached hydrogens (tertiary/aromatic N) is 2. The van der Waals surface area contributed by atoms with Crippen molar-refractivity contribution >= 4 is 39.1 Å². The molecule has 1 amide bonds. The zero-order valence-electron chi connectivity index (χ0n) is 15.8. The summed E-state index contributed by atoms with van der Waals surface area (Å²) in [6.45, 7) is 2.80. The highest BCUT2D eigenvalue weighted by Gasteiger charge is 2.30. The number of amides is 1. The molecule has 28 heavy (non-hydrogen) atoms. The fraction of sp³-hybridized carbons (Fsp3) is 0.421. The maximum atomic E-state index is 12.9. The number of benzene rings is 2. The van der Waals surface area contributed by atoms with E-state index < -0.39 is 10.0 Å². The predicted molar refractivity (Wildman–Crippen MR) is 111 cm³/mol. The molecule has 0 atom stereocenters. The third-order valence-corrected chi connectivity index (χ3v) is 6.60. The molecular formula is C19H26ClN3O4S. The third-order valence-electron chi connectivity index (χ3n) is 4.71. The number of ether oxygens (including phenoxy) is 1. The number of rotatable bonds is 7. The first-order chi connectivity index (χ1) is 13.0. The lowest BCUT2D eigenvalue weighted by Crippen LogP contribution is -2.52. The van der Waals surface area contributed by atoms with E-state index in [0.717, 1.165) is 10.8 Å². The van der Waals surface area contributed by atoms with Crippen LogP contribution in [0.3, 0.4) is 0 Å². The number of hydrogen-bond donors (Lipinski definition) is 1. The Bertz CT molecular complexity index is 899. The molecule has 7 nitrogen and oxygen atoms in total. The van der Waals surface area contributed by atoms with Gasteiger partial charge in [0.15, 0.2) is 0 Å². The second-order valence-corrected chi connectivity index (χ2v) is 8.40. The summed E-state index contributed by atoms with van der Waals surface area (Å²) in [5.41, 5.74) is 0. The fourth-order valence-electron chi connectivity index (χ4n) is 3.14. The Balaban J connectivity index is 0.00000280. The Hall–Kier alpha value is -1.71. The molecule has 154 valence electrons. The number of nitrogens with one attached hydrogen (secondary N) is 1. The summed E-state index contributed by atoms with van der Waals surface area (Å²) in [7, 11) is -1.95. The summed E-state index contributed by atoms with van der Waals surface area (Å²) >= 11 is 0. The lowest BCUT2D eigenvalue weighted by atomic mass is 10.1. The number of sulfonamides is 1. The molecule has 1 aliphatic rings. The van der Waals surface area contributed by atoms with Gasteiger partial charge in [-0.1, -0.05) is 30.3 Å². The number of carbonyl (C=O) groups excluding carboxylic acids is 1. The highest BCUT2D eigenvalue weighted by Crippen LogP contribution is 2.22. The van der Waals surface area contributed by atoms with Crippen LogP contribution in [-0.4, -0.2) is 76.5 Å². The summed E-state index contributed by atoms with van der Waals surface area (Å²) in [5.74, 6) is -0.0196. The second-order valence-electron chi connectivity index (χ2n) is 6.46. The molecule has 2 aromatic carbocycles. The molecule has 0 aliphatic carbocycles. The predicted octanol–water partition coefficient (Wildman–Crippen LogP) is 1.33. The van der Waals surface area contributed by atoms with E-state index in [1.54, 1.807) is 24.1 Å². The van der Waals surface area contributed by atoms with E-state index in [4.69, 9.17) is 4.74 Å². The summed E-state index contributed by atoms with van der Waals surface area (Å²) < 4.78 is 32.3. The standard InChI is InChI=1S/C19H25N3O4S.ClH/c1-26-13-8-20-15-19(23)21-9-11-22(12-10-21)27(24,25)18-7-6-16-4-2-3-5-17(16)14-18;/h2-7,14,20H,8-13,15H2,1H3;1H. The molecular weight excluding hydrogens is 402 g/mol. The van der Waals surface area contributed by atoms with E-state index in [1.165, 1.54) is 4.31 Å². The molecule has 1 aliphatic heterocycles. The van der Waals surface area contributed by atoms with Gasteiger partial charge in [-0.3, -0.25) is 4.79 Å². The molecule has 1 saturated heterocycles. The molecule has 0 unspecified atom stereocenters. The molecule has 0 aromatic heterocycles.